The monoisotopic (exact) mass is 225 g/mol. The van der Waals surface area contributed by atoms with Crippen LogP contribution in [0.15, 0.2) is 6.20 Å². The lowest BCUT2D eigenvalue weighted by Crippen LogP contribution is -2.21. The first-order valence-electron chi connectivity index (χ1n) is 5.28. The zero-order valence-electron chi connectivity index (χ0n) is 8.86. The number of ether oxygens (including phenoxy) is 1. The van der Waals surface area contributed by atoms with Crippen LogP contribution >= 0.6 is 11.3 Å². The molecule has 1 heterocycles. The van der Waals surface area contributed by atoms with Gasteiger partial charge in [-0.15, -0.1) is 11.3 Å². The van der Waals surface area contributed by atoms with Gasteiger partial charge in [-0.05, 0) is 19.8 Å². The maximum absolute atomic E-state index is 11.0. The van der Waals surface area contributed by atoms with E-state index in [2.05, 4.69) is 4.98 Å². The molecule has 0 unspecified atom stereocenters. The average Bonchev–Trinajstić information content (AvgIpc) is 2.64. The average molecular weight is 225 g/mol. The van der Waals surface area contributed by atoms with Crippen LogP contribution in [0.4, 0.5) is 0 Å². The Morgan fingerprint density at radius 1 is 1.53 bits per heavy atom. The third-order valence-corrected chi connectivity index (χ3v) is 3.51. The number of carbonyl (C=O) groups excluding carboxylic acids is 1. The molecule has 3 nitrogen and oxygen atoms in total. The summed E-state index contributed by atoms with van der Waals surface area (Å²) in [7, 11) is 0. The third-order valence-electron chi connectivity index (χ3n) is 2.62. The zero-order chi connectivity index (χ0) is 10.7. The molecule has 2 rings (SSSR count). The van der Waals surface area contributed by atoms with Crippen LogP contribution in [0, 0.1) is 6.92 Å². The van der Waals surface area contributed by atoms with Crippen LogP contribution in [0.1, 0.15) is 35.6 Å². The maximum Gasteiger partial charge on any atom is 0.133 e. The Balaban J connectivity index is 1.76. The van der Waals surface area contributed by atoms with Crippen LogP contribution in [0.25, 0.3) is 0 Å². The van der Waals surface area contributed by atoms with Crippen LogP contribution < -0.4 is 0 Å². The van der Waals surface area contributed by atoms with Crippen molar-refractivity contribution < 1.29 is 9.53 Å². The van der Waals surface area contributed by atoms with Gasteiger partial charge in [-0.25, -0.2) is 4.98 Å². The molecule has 1 aromatic heterocycles. The first kappa shape index (κ1) is 10.8. The van der Waals surface area contributed by atoms with E-state index >= 15 is 0 Å². The van der Waals surface area contributed by atoms with Gasteiger partial charge in [-0.3, -0.25) is 4.79 Å². The van der Waals surface area contributed by atoms with Crippen molar-refractivity contribution in [3.05, 3.63) is 16.1 Å². The first-order chi connectivity index (χ1) is 7.24. The molecule has 0 radical (unpaired) electrons. The largest absolute Gasteiger partial charge is 0.373 e. The molecule has 1 fully saturated rings. The zero-order valence-corrected chi connectivity index (χ0v) is 9.68. The molecule has 82 valence electrons. The van der Waals surface area contributed by atoms with Crippen molar-refractivity contribution in [1.82, 2.24) is 4.98 Å². The van der Waals surface area contributed by atoms with E-state index in [1.54, 1.807) is 11.3 Å². The molecule has 0 spiro atoms. The number of ketones is 1. The number of carbonyl (C=O) groups is 1. The fourth-order valence-corrected chi connectivity index (χ4v) is 2.47. The lowest BCUT2D eigenvalue weighted by atomic mass is 9.96. The predicted octanol–water partition coefficient (Wildman–Crippen LogP) is 2.48. The highest BCUT2D eigenvalue weighted by Gasteiger charge is 2.19. The molecule has 1 aliphatic rings. The second kappa shape index (κ2) is 4.86. The SMILES string of the molecule is Cc1ncc(COC2CCC(=O)CC2)s1. The smallest absolute Gasteiger partial charge is 0.133 e. The highest BCUT2D eigenvalue weighted by molar-refractivity contribution is 7.11. The molecule has 1 aromatic rings. The summed E-state index contributed by atoms with van der Waals surface area (Å²) in [4.78, 5) is 16.4. The van der Waals surface area contributed by atoms with Crippen LogP contribution in [-0.2, 0) is 16.1 Å². The highest BCUT2D eigenvalue weighted by Crippen LogP contribution is 2.20. The van der Waals surface area contributed by atoms with E-state index in [4.69, 9.17) is 4.74 Å². The molecule has 15 heavy (non-hydrogen) atoms. The Hall–Kier alpha value is -0.740. The molecule has 0 saturated heterocycles. The fraction of sp³-hybridized carbons (Fsp3) is 0.636. The van der Waals surface area contributed by atoms with Crippen LogP contribution in [-0.4, -0.2) is 16.9 Å². The van der Waals surface area contributed by atoms with Crippen molar-refractivity contribution in [2.45, 2.75) is 45.3 Å². The van der Waals surface area contributed by atoms with E-state index in [9.17, 15) is 4.79 Å². The number of aryl methyl sites for hydroxylation is 1. The predicted molar refractivity (Wildman–Crippen MR) is 58.9 cm³/mol. The van der Waals surface area contributed by atoms with Crippen molar-refractivity contribution in [3.8, 4) is 0 Å². The number of aromatic nitrogens is 1. The van der Waals surface area contributed by atoms with E-state index in [1.807, 2.05) is 13.1 Å². The van der Waals surface area contributed by atoms with E-state index in [0.717, 1.165) is 17.8 Å². The molecule has 0 aliphatic heterocycles. The normalized spacial score (nSPS) is 18.3. The summed E-state index contributed by atoms with van der Waals surface area (Å²) in [6.45, 7) is 2.64. The van der Waals surface area contributed by atoms with Crippen molar-refractivity contribution in [2.24, 2.45) is 0 Å². The van der Waals surface area contributed by atoms with Gasteiger partial charge in [0, 0.05) is 19.0 Å². The fourth-order valence-electron chi connectivity index (χ4n) is 1.75. The van der Waals surface area contributed by atoms with Gasteiger partial charge < -0.3 is 4.74 Å². The number of rotatable bonds is 3. The minimum Gasteiger partial charge on any atom is -0.373 e. The van der Waals surface area contributed by atoms with Gasteiger partial charge in [-0.1, -0.05) is 0 Å². The van der Waals surface area contributed by atoms with Crippen molar-refractivity contribution in [1.29, 1.82) is 0 Å². The molecule has 4 heteroatoms. The number of nitrogens with zero attached hydrogens (tertiary/aromatic N) is 1. The lowest BCUT2D eigenvalue weighted by molar-refractivity contribution is -0.123. The Bertz CT molecular complexity index is 338. The lowest BCUT2D eigenvalue weighted by Gasteiger charge is -2.20. The molecule has 1 aliphatic carbocycles. The number of hydrogen-bond acceptors (Lipinski definition) is 4. The summed E-state index contributed by atoms with van der Waals surface area (Å²) in [5.74, 6) is 0.378. The molecule has 0 bridgehead atoms. The minimum absolute atomic E-state index is 0.269. The summed E-state index contributed by atoms with van der Waals surface area (Å²) in [6.07, 6.45) is 5.28. The number of Topliss-reactive ketones (excluding diaryl/α,β-unsaturated/α-hetero) is 1. The second-order valence-corrected chi connectivity index (χ2v) is 5.21. The Labute approximate surface area is 93.5 Å². The van der Waals surface area contributed by atoms with E-state index in [-0.39, 0.29) is 6.10 Å². The quantitative estimate of drug-likeness (QED) is 0.793. The third kappa shape index (κ3) is 3.11. The molecular formula is C11H15NO2S. The van der Waals surface area contributed by atoms with Crippen LogP contribution in [0.2, 0.25) is 0 Å². The van der Waals surface area contributed by atoms with E-state index < -0.39 is 0 Å². The summed E-state index contributed by atoms with van der Waals surface area (Å²) < 4.78 is 5.75. The second-order valence-electron chi connectivity index (χ2n) is 3.89. The molecule has 0 N–H and O–H groups in total. The van der Waals surface area contributed by atoms with Crippen LogP contribution in [0.3, 0.4) is 0 Å². The van der Waals surface area contributed by atoms with E-state index in [0.29, 0.717) is 25.2 Å². The summed E-state index contributed by atoms with van der Waals surface area (Å²) in [5.41, 5.74) is 0. The Kier molecular flexibility index (Phi) is 3.49. The Morgan fingerprint density at radius 2 is 2.27 bits per heavy atom. The van der Waals surface area contributed by atoms with Gasteiger partial charge in [0.15, 0.2) is 0 Å². The van der Waals surface area contributed by atoms with E-state index in [1.165, 1.54) is 4.88 Å². The Morgan fingerprint density at radius 3 is 2.87 bits per heavy atom. The molecule has 0 aromatic carbocycles. The van der Waals surface area contributed by atoms with Gasteiger partial charge in [0.2, 0.25) is 0 Å². The number of hydrogen-bond donors (Lipinski definition) is 0. The van der Waals surface area contributed by atoms with Crippen molar-refractivity contribution in [3.63, 3.8) is 0 Å². The molecular weight excluding hydrogens is 210 g/mol. The van der Waals surface area contributed by atoms with Gasteiger partial charge in [0.1, 0.15) is 5.78 Å². The summed E-state index contributed by atoms with van der Waals surface area (Å²) >= 11 is 1.67. The minimum atomic E-state index is 0.269. The summed E-state index contributed by atoms with van der Waals surface area (Å²) in [5, 5.41) is 1.08. The summed E-state index contributed by atoms with van der Waals surface area (Å²) in [6, 6.07) is 0. The van der Waals surface area contributed by atoms with Gasteiger partial charge >= 0.3 is 0 Å². The number of thiazole rings is 1. The van der Waals surface area contributed by atoms with Gasteiger partial charge in [-0.2, -0.15) is 0 Å². The first-order valence-corrected chi connectivity index (χ1v) is 6.10. The maximum atomic E-state index is 11.0. The molecule has 1 saturated carbocycles. The molecule has 0 atom stereocenters. The molecule has 0 amide bonds. The van der Waals surface area contributed by atoms with Crippen molar-refractivity contribution in [2.75, 3.05) is 0 Å². The van der Waals surface area contributed by atoms with Gasteiger partial charge in [0.05, 0.1) is 22.6 Å². The highest BCUT2D eigenvalue weighted by atomic mass is 32.1. The standard InChI is InChI=1S/C11H15NO2S/c1-8-12-6-11(15-8)7-14-10-4-2-9(13)3-5-10/h6,10H,2-5,7H2,1H3. The van der Waals surface area contributed by atoms with Crippen LogP contribution in [0.5, 0.6) is 0 Å². The topological polar surface area (TPSA) is 39.2 Å². The van der Waals surface area contributed by atoms with Crippen molar-refractivity contribution >= 4 is 17.1 Å². The van der Waals surface area contributed by atoms with Gasteiger partial charge in [0.25, 0.3) is 0 Å².